The molecule has 1 fully saturated rings. The first-order valence-electron chi connectivity index (χ1n) is 8.53. The van der Waals surface area contributed by atoms with Crippen molar-refractivity contribution in [1.82, 2.24) is 10.2 Å². The number of nitrogens with one attached hydrogen (secondary N) is 1. The molecule has 126 valence electrons. The van der Waals surface area contributed by atoms with Crippen LogP contribution in [0.25, 0.3) is 0 Å². The van der Waals surface area contributed by atoms with E-state index in [-0.39, 0.29) is 5.60 Å². The Morgan fingerprint density at radius 3 is 2.67 bits per heavy atom. The summed E-state index contributed by atoms with van der Waals surface area (Å²) >= 11 is 0. The molecule has 0 aromatic rings. The van der Waals surface area contributed by atoms with Crippen molar-refractivity contribution in [1.29, 1.82) is 0 Å². The maximum absolute atomic E-state index is 6.07. The zero-order valence-electron chi connectivity index (χ0n) is 14.9. The van der Waals surface area contributed by atoms with Crippen LogP contribution >= 0.6 is 0 Å². The fourth-order valence-electron chi connectivity index (χ4n) is 2.76. The fourth-order valence-corrected chi connectivity index (χ4v) is 2.76. The summed E-state index contributed by atoms with van der Waals surface area (Å²) in [5.41, 5.74) is -0.0570. The summed E-state index contributed by atoms with van der Waals surface area (Å²) in [7, 11) is 1.80. The first-order valence-corrected chi connectivity index (χ1v) is 8.53. The number of hydrogen-bond donors (Lipinski definition) is 1. The third-order valence-electron chi connectivity index (χ3n) is 4.57. The molecule has 1 aliphatic heterocycles. The monoisotopic (exact) mass is 300 g/mol. The third-order valence-corrected chi connectivity index (χ3v) is 4.57. The number of hydrogen-bond acceptors (Lipinski definition) is 4. The maximum Gasteiger partial charge on any atom is 0.0855 e. The normalized spacial score (nSPS) is 22.7. The van der Waals surface area contributed by atoms with Gasteiger partial charge in [0.15, 0.2) is 0 Å². The molecule has 0 spiro atoms. The van der Waals surface area contributed by atoms with Crippen molar-refractivity contribution in [2.45, 2.75) is 77.7 Å². The largest absolute Gasteiger partial charge is 0.379 e. The van der Waals surface area contributed by atoms with Gasteiger partial charge in [0.2, 0.25) is 0 Å². The van der Waals surface area contributed by atoms with Gasteiger partial charge in [-0.3, -0.25) is 4.90 Å². The highest BCUT2D eigenvalue weighted by atomic mass is 16.5. The lowest BCUT2D eigenvalue weighted by Gasteiger charge is -2.40. The van der Waals surface area contributed by atoms with E-state index in [4.69, 9.17) is 9.47 Å². The van der Waals surface area contributed by atoms with Gasteiger partial charge < -0.3 is 14.8 Å². The second-order valence-corrected chi connectivity index (χ2v) is 7.06. The predicted octanol–water partition coefficient (Wildman–Crippen LogP) is 2.67. The SMILES string of the molecule is CCCNC(CCC(C)(C)OC)C1CN(C(C)C)CCO1. The van der Waals surface area contributed by atoms with Crippen molar-refractivity contribution in [2.75, 3.05) is 33.4 Å². The Labute approximate surface area is 131 Å². The van der Waals surface area contributed by atoms with Gasteiger partial charge in [0.25, 0.3) is 0 Å². The highest BCUT2D eigenvalue weighted by Gasteiger charge is 2.30. The van der Waals surface area contributed by atoms with Gasteiger partial charge in [-0.25, -0.2) is 0 Å². The molecule has 1 heterocycles. The molecule has 1 saturated heterocycles. The fraction of sp³-hybridized carbons (Fsp3) is 1.00. The van der Waals surface area contributed by atoms with Crippen molar-refractivity contribution in [3.05, 3.63) is 0 Å². The molecule has 2 unspecified atom stereocenters. The number of morpholine rings is 1. The highest BCUT2D eigenvalue weighted by molar-refractivity contribution is 4.86. The van der Waals surface area contributed by atoms with E-state index in [1.165, 1.54) is 0 Å². The molecule has 0 aromatic heterocycles. The van der Waals surface area contributed by atoms with Crippen molar-refractivity contribution < 1.29 is 9.47 Å². The molecule has 0 aromatic carbocycles. The minimum atomic E-state index is -0.0570. The Kier molecular flexibility index (Phi) is 8.17. The van der Waals surface area contributed by atoms with Crippen molar-refractivity contribution in [2.24, 2.45) is 0 Å². The second kappa shape index (κ2) is 9.09. The van der Waals surface area contributed by atoms with E-state index in [9.17, 15) is 0 Å². The molecular formula is C17H36N2O2. The van der Waals surface area contributed by atoms with Gasteiger partial charge in [-0.2, -0.15) is 0 Å². The molecule has 0 aliphatic carbocycles. The van der Waals surface area contributed by atoms with E-state index in [0.29, 0.717) is 18.2 Å². The quantitative estimate of drug-likeness (QED) is 0.710. The van der Waals surface area contributed by atoms with Crippen LogP contribution in [0.15, 0.2) is 0 Å². The topological polar surface area (TPSA) is 33.7 Å². The molecular weight excluding hydrogens is 264 g/mol. The zero-order valence-corrected chi connectivity index (χ0v) is 14.9. The Morgan fingerprint density at radius 2 is 2.10 bits per heavy atom. The Balaban J connectivity index is 2.58. The van der Waals surface area contributed by atoms with Crippen molar-refractivity contribution >= 4 is 0 Å². The average molecular weight is 300 g/mol. The number of nitrogens with zero attached hydrogens (tertiary/aromatic N) is 1. The van der Waals surface area contributed by atoms with E-state index >= 15 is 0 Å². The summed E-state index contributed by atoms with van der Waals surface area (Å²) < 4.78 is 11.6. The van der Waals surface area contributed by atoms with Gasteiger partial charge in [0.1, 0.15) is 0 Å². The zero-order chi connectivity index (χ0) is 15.9. The van der Waals surface area contributed by atoms with Crippen LogP contribution in [-0.4, -0.2) is 62.0 Å². The summed E-state index contributed by atoms with van der Waals surface area (Å²) in [4.78, 5) is 2.52. The van der Waals surface area contributed by atoms with E-state index < -0.39 is 0 Å². The lowest BCUT2D eigenvalue weighted by Crippen LogP contribution is -2.54. The van der Waals surface area contributed by atoms with Gasteiger partial charge >= 0.3 is 0 Å². The van der Waals surface area contributed by atoms with Crippen LogP contribution in [0.3, 0.4) is 0 Å². The minimum absolute atomic E-state index is 0.0570. The van der Waals surface area contributed by atoms with Crippen molar-refractivity contribution in [3.63, 3.8) is 0 Å². The molecule has 4 nitrogen and oxygen atoms in total. The second-order valence-electron chi connectivity index (χ2n) is 7.06. The van der Waals surface area contributed by atoms with Crippen molar-refractivity contribution in [3.8, 4) is 0 Å². The van der Waals surface area contributed by atoms with Crippen LogP contribution in [0.4, 0.5) is 0 Å². The average Bonchev–Trinajstić information content (AvgIpc) is 2.47. The maximum atomic E-state index is 6.07. The van der Waals surface area contributed by atoms with Gasteiger partial charge in [0, 0.05) is 32.3 Å². The number of methoxy groups -OCH3 is 1. The first kappa shape index (κ1) is 18.9. The Bertz CT molecular complexity index is 282. The Morgan fingerprint density at radius 1 is 1.38 bits per heavy atom. The van der Waals surface area contributed by atoms with Crippen LogP contribution in [0.5, 0.6) is 0 Å². The van der Waals surface area contributed by atoms with Crippen LogP contribution in [0.1, 0.15) is 53.9 Å². The summed E-state index contributed by atoms with van der Waals surface area (Å²) in [6.45, 7) is 15.1. The smallest absolute Gasteiger partial charge is 0.0855 e. The molecule has 1 aliphatic rings. The van der Waals surface area contributed by atoms with Crippen LogP contribution in [0.2, 0.25) is 0 Å². The van der Waals surface area contributed by atoms with E-state index in [1.807, 2.05) is 0 Å². The summed E-state index contributed by atoms with van der Waals surface area (Å²) in [6, 6.07) is 1.01. The molecule has 0 amide bonds. The first-order chi connectivity index (χ1) is 9.89. The summed E-state index contributed by atoms with van der Waals surface area (Å²) in [5, 5.41) is 3.69. The lowest BCUT2D eigenvalue weighted by molar-refractivity contribution is -0.0615. The van der Waals surface area contributed by atoms with E-state index in [0.717, 1.165) is 45.5 Å². The van der Waals surface area contributed by atoms with Crippen LogP contribution in [-0.2, 0) is 9.47 Å². The molecule has 0 bridgehead atoms. The standard InChI is InChI=1S/C17H36N2O2/c1-7-10-18-15(8-9-17(4,5)20-6)16-13-19(14(2)3)11-12-21-16/h14-16,18H,7-13H2,1-6H3. The number of ether oxygens (including phenoxy) is 2. The Hall–Kier alpha value is -0.160. The third kappa shape index (κ3) is 6.64. The van der Waals surface area contributed by atoms with Gasteiger partial charge in [-0.05, 0) is 53.5 Å². The molecule has 1 rings (SSSR count). The molecule has 0 radical (unpaired) electrons. The predicted molar refractivity (Wildman–Crippen MR) is 88.9 cm³/mol. The molecule has 21 heavy (non-hydrogen) atoms. The summed E-state index contributed by atoms with van der Waals surface area (Å²) in [5.74, 6) is 0. The summed E-state index contributed by atoms with van der Waals surface area (Å²) in [6.07, 6.45) is 3.59. The minimum Gasteiger partial charge on any atom is -0.379 e. The van der Waals surface area contributed by atoms with E-state index in [1.54, 1.807) is 7.11 Å². The van der Waals surface area contributed by atoms with Gasteiger partial charge in [0.05, 0.1) is 18.3 Å². The van der Waals surface area contributed by atoms with Crippen LogP contribution in [0, 0.1) is 0 Å². The number of rotatable bonds is 9. The molecule has 1 N–H and O–H groups in total. The van der Waals surface area contributed by atoms with E-state index in [2.05, 4.69) is 44.8 Å². The van der Waals surface area contributed by atoms with Gasteiger partial charge in [-0.1, -0.05) is 6.92 Å². The molecule has 2 atom stereocenters. The highest BCUT2D eigenvalue weighted by Crippen LogP contribution is 2.21. The molecule has 4 heteroatoms. The molecule has 0 saturated carbocycles. The van der Waals surface area contributed by atoms with Gasteiger partial charge in [-0.15, -0.1) is 0 Å². The van der Waals surface area contributed by atoms with Crippen LogP contribution < -0.4 is 5.32 Å². The lowest BCUT2D eigenvalue weighted by atomic mass is 9.95.